The van der Waals surface area contributed by atoms with E-state index >= 15 is 0 Å². The summed E-state index contributed by atoms with van der Waals surface area (Å²) < 4.78 is 11.1. The Hall–Kier alpha value is -2.58. The molecule has 0 bridgehead atoms. The number of carboxylic acids is 1. The van der Waals surface area contributed by atoms with E-state index in [4.69, 9.17) is 37.8 Å². The Bertz CT molecular complexity index is 852. The molecule has 2 rings (SSSR count). The zero-order valence-electron chi connectivity index (χ0n) is 12.6. The number of nitrogens with zero attached hydrogens (tertiary/aromatic N) is 2. The van der Waals surface area contributed by atoms with E-state index in [0.29, 0.717) is 5.02 Å². The highest BCUT2D eigenvalue weighted by atomic mass is 35.5. The Balaban J connectivity index is 1.96. The van der Waals surface area contributed by atoms with Crippen LogP contribution < -0.4 is 15.0 Å². The number of benzene rings is 1. The van der Waals surface area contributed by atoms with Crippen LogP contribution in [0.4, 0.5) is 0 Å². The summed E-state index contributed by atoms with van der Waals surface area (Å²) in [6.07, 6.45) is -0.289. The second-order valence-corrected chi connectivity index (χ2v) is 5.56. The minimum absolute atomic E-state index is 0.142. The number of aromatic nitrogens is 2. The zero-order chi connectivity index (χ0) is 18.4. The molecule has 0 fully saturated rings. The van der Waals surface area contributed by atoms with Crippen LogP contribution in [0.5, 0.6) is 11.6 Å². The Morgan fingerprint density at radius 2 is 1.96 bits per heavy atom. The fourth-order valence-electron chi connectivity index (χ4n) is 1.72. The monoisotopic (exact) mass is 386 g/mol. The molecule has 10 heteroatoms. The van der Waals surface area contributed by atoms with Gasteiger partial charge in [-0.05, 0) is 18.2 Å². The molecule has 1 heterocycles. The molecule has 0 saturated heterocycles. The predicted molar refractivity (Wildman–Crippen MR) is 88.3 cm³/mol. The molecule has 0 aliphatic heterocycles. The van der Waals surface area contributed by atoms with E-state index in [1.54, 1.807) is 6.07 Å². The first kappa shape index (κ1) is 18.8. The van der Waals surface area contributed by atoms with E-state index in [1.165, 1.54) is 18.2 Å². The maximum absolute atomic E-state index is 11.8. The number of carboxylic acid groups (broad SMARTS) is 1. The lowest BCUT2D eigenvalue weighted by molar-refractivity contribution is -0.138. The average molecular weight is 387 g/mol. The number of aliphatic carboxylic acids is 1. The number of esters is 1. The number of hydrogen-bond acceptors (Lipinski definition) is 6. The first-order chi connectivity index (χ1) is 11.8. The number of carbonyl (C=O) groups excluding carboxylic acids is 1. The third-order valence-electron chi connectivity index (χ3n) is 2.84. The van der Waals surface area contributed by atoms with Crippen molar-refractivity contribution in [3.05, 3.63) is 50.7 Å². The lowest BCUT2D eigenvalue weighted by Crippen LogP contribution is -2.25. The molecule has 8 nitrogen and oxygen atoms in total. The largest absolute Gasteiger partial charge is 0.481 e. The van der Waals surface area contributed by atoms with Gasteiger partial charge in [0.15, 0.2) is 6.61 Å². The van der Waals surface area contributed by atoms with Crippen LogP contribution in [0.3, 0.4) is 0 Å². The van der Waals surface area contributed by atoms with Gasteiger partial charge in [0.05, 0.1) is 18.0 Å². The zero-order valence-corrected chi connectivity index (χ0v) is 14.2. The first-order valence-electron chi connectivity index (χ1n) is 6.93. The van der Waals surface area contributed by atoms with Gasteiger partial charge in [0.25, 0.3) is 5.56 Å². The molecule has 1 aromatic heterocycles. The van der Waals surface area contributed by atoms with Gasteiger partial charge in [-0.3, -0.25) is 9.59 Å². The maximum atomic E-state index is 11.8. The molecule has 25 heavy (non-hydrogen) atoms. The number of ether oxygens (including phenoxy) is 2. The lowest BCUT2D eigenvalue weighted by atomic mass is 10.3. The SMILES string of the molecule is O=C(O)CCn1nc(OC(=O)COc2ccc(Cl)cc2Cl)ccc1=O. The van der Waals surface area contributed by atoms with Crippen molar-refractivity contribution < 1.29 is 24.2 Å². The van der Waals surface area contributed by atoms with Gasteiger partial charge in [-0.15, -0.1) is 5.10 Å². The summed E-state index contributed by atoms with van der Waals surface area (Å²) in [7, 11) is 0. The summed E-state index contributed by atoms with van der Waals surface area (Å²) in [6.45, 7) is -0.590. The Kier molecular flexibility index (Phi) is 6.37. The average Bonchev–Trinajstić information content (AvgIpc) is 2.54. The molecular weight excluding hydrogens is 375 g/mol. The predicted octanol–water partition coefficient (Wildman–Crippen LogP) is 2.01. The number of halogens is 2. The van der Waals surface area contributed by atoms with Crippen molar-refractivity contribution in [2.24, 2.45) is 0 Å². The van der Waals surface area contributed by atoms with Gasteiger partial charge in [-0.25, -0.2) is 9.48 Å². The summed E-state index contributed by atoms with van der Waals surface area (Å²) in [5.41, 5.74) is -0.509. The molecule has 0 amide bonds. The van der Waals surface area contributed by atoms with Gasteiger partial charge in [-0.2, -0.15) is 0 Å². The summed E-state index contributed by atoms with van der Waals surface area (Å²) in [4.78, 5) is 33.9. The summed E-state index contributed by atoms with van der Waals surface area (Å²) in [6, 6.07) is 6.83. The molecule has 132 valence electrons. The van der Waals surface area contributed by atoms with Gasteiger partial charge in [0, 0.05) is 17.2 Å². The van der Waals surface area contributed by atoms with Gasteiger partial charge in [-0.1, -0.05) is 23.2 Å². The molecular formula is C15H12Cl2N2O6. The normalized spacial score (nSPS) is 10.3. The molecule has 0 atom stereocenters. The van der Waals surface area contributed by atoms with Crippen LogP contribution in [0.2, 0.25) is 10.0 Å². The van der Waals surface area contributed by atoms with Crippen molar-refractivity contribution in [2.45, 2.75) is 13.0 Å². The van der Waals surface area contributed by atoms with Crippen LogP contribution >= 0.6 is 23.2 Å². The molecule has 1 N–H and O–H groups in total. The topological polar surface area (TPSA) is 108 Å². The second kappa shape index (κ2) is 8.50. The molecule has 0 aliphatic carbocycles. The van der Waals surface area contributed by atoms with Crippen LogP contribution in [0.25, 0.3) is 0 Å². The molecule has 0 saturated carbocycles. The van der Waals surface area contributed by atoms with E-state index in [-0.39, 0.29) is 29.6 Å². The highest BCUT2D eigenvalue weighted by Gasteiger charge is 2.11. The van der Waals surface area contributed by atoms with Crippen LogP contribution in [0.15, 0.2) is 35.1 Å². The third kappa shape index (κ3) is 5.77. The Morgan fingerprint density at radius 3 is 2.64 bits per heavy atom. The van der Waals surface area contributed by atoms with Crippen molar-refractivity contribution in [3.63, 3.8) is 0 Å². The van der Waals surface area contributed by atoms with Gasteiger partial charge in [0.2, 0.25) is 5.88 Å². The minimum Gasteiger partial charge on any atom is -0.481 e. The fraction of sp³-hybridized carbons (Fsp3) is 0.200. The van der Waals surface area contributed by atoms with Crippen LogP contribution in [-0.2, 0) is 16.1 Å². The minimum atomic E-state index is -1.08. The van der Waals surface area contributed by atoms with Crippen molar-refractivity contribution in [2.75, 3.05) is 6.61 Å². The van der Waals surface area contributed by atoms with Gasteiger partial charge in [0.1, 0.15) is 5.75 Å². The summed E-state index contributed by atoms with van der Waals surface area (Å²) in [5, 5.41) is 13.1. The summed E-state index contributed by atoms with van der Waals surface area (Å²) >= 11 is 11.7. The first-order valence-corrected chi connectivity index (χ1v) is 7.69. The van der Waals surface area contributed by atoms with Crippen LogP contribution in [-0.4, -0.2) is 33.4 Å². The lowest BCUT2D eigenvalue weighted by Gasteiger charge is -2.09. The summed E-state index contributed by atoms with van der Waals surface area (Å²) in [5.74, 6) is -1.76. The van der Waals surface area contributed by atoms with Crippen molar-refractivity contribution in [1.29, 1.82) is 0 Å². The Labute approximate surface area is 151 Å². The van der Waals surface area contributed by atoms with Crippen molar-refractivity contribution in [1.82, 2.24) is 9.78 Å². The highest BCUT2D eigenvalue weighted by Crippen LogP contribution is 2.27. The number of aryl methyl sites for hydroxylation is 1. The van der Waals surface area contributed by atoms with E-state index in [9.17, 15) is 14.4 Å². The third-order valence-corrected chi connectivity index (χ3v) is 3.37. The Morgan fingerprint density at radius 1 is 1.20 bits per heavy atom. The number of rotatable bonds is 7. The molecule has 2 aromatic rings. The van der Waals surface area contributed by atoms with E-state index < -0.39 is 24.1 Å². The van der Waals surface area contributed by atoms with Crippen LogP contribution in [0.1, 0.15) is 6.42 Å². The molecule has 0 radical (unpaired) electrons. The number of hydrogen-bond donors (Lipinski definition) is 1. The quantitative estimate of drug-likeness (QED) is 0.724. The van der Waals surface area contributed by atoms with Gasteiger partial charge < -0.3 is 14.6 Å². The van der Waals surface area contributed by atoms with Crippen LogP contribution in [0, 0.1) is 0 Å². The fourth-order valence-corrected chi connectivity index (χ4v) is 2.18. The van der Waals surface area contributed by atoms with Gasteiger partial charge >= 0.3 is 11.9 Å². The van der Waals surface area contributed by atoms with E-state index in [0.717, 1.165) is 10.7 Å². The van der Waals surface area contributed by atoms with E-state index in [1.807, 2.05) is 0 Å². The standard InChI is InChI=1S/C15H12Cl2N2O6/c16-9-1-2-11(10(17)7-9)24-8-15(23)25-12-3-4-13(20)19(18-12)6-5-14(21)22/h1-4,7H,5-6,8H2,(H,21,22). The molecule has 1 aromatic carbocycles. The highest BCUT2D eigenvalue weighted by molar-refractivity contribution is 6.35. The molecule has 0 aliphatic rings. The molecule has 0 unspecified atom stereocenters. The second-order valence-electron chi connectivity index (χ2n) is 4.71. The van der Waals surface area contributed by atoms with E-state index in [2.05, 4.69) is 5.10 Å². The smallest absolute Gasteiger partial charge is 0.350 e. The maximum Gasteiger partial charge on any atom is 0.350 e. The van der Waals surface area contributed by atoms with Crippen molar-refractivity contribution >= 4 is 35.1 Å². The molecule has 0 spiro atoms. The number of carbonyl (C=O) groups is 2. The van der Waals surface area contributed by atoms with Crippen molar-refractivity contribution in [3.8, 4) is 11.6 Å².